The van der Waals surface area contributed by atoms with Crippen LogP contribution in [0.2, 0.25) is 0 Å². The van der Waals surface area contributed by atoms with Crippen molar-refractivity contribution in [1.29, 1.82) is 0 Å². The van der Waals surface area contributed by atoms with Crippen LogP contribution in [0, 0.1) is 0 Å². The van der Waals surface area contributed by atoms with Crippen molar-refractivity contribution in [1.82, 2.24) is 29.9 Å². The third-order valence-corrected chi connectivity index (χ3v) is 7.96. The maximum Gasteiger partial charge on any atom is 0.344 e. The minimum absolute atomic E-state index is 0.0181. The molecule has 14 heteroatoms. The van der Waals surface area contributed by atoms with Crippen LogP contribution >= 0.6 is 0 Å². The van der Waals surface area contributed by atoms with Gasteiger partial charge in [-0.2, -0.15) is 0 Å². The number of carboxylic acids is 1. The van der Waals surface area contributed by atoms with Gasteiger partial charge in [0.25, 0.3) is 5.91 Å². The molecule has 2 aromatic carbocycles. The number of aromatic hydroxyl groups is 2. The summed E-state index contributed by atoms with van der Waals surface area (Å²) >= 11 is 0. The zero-order valence-electron chi connectivity index (χ0n) is 27.1. The minimum atomic E-state index is -1.22. The number of aliphatic carboxylic acids is 1. The van der Waals surface area contributed by atoms with Crippen molar-refractivity contribution in [2.75, 3.05) is 32.7 Å². The highest BCUT2D eigenvalue weighted by Crippen LogP contribution is 2.38. The molecule has 1 aliphatic heterocycles. The Labute approximate surface area is 273 Å². The number of amides is 2. The van der Waals surface area contributed by atoms with Gasteiger partial charge in [0.05, 0.1) is 5.56 Å². The Morgan fingerprint density at radius 1 is 0.936 bits per heavy atom. The third kappa shape index (κ3) is 8.64. The van der Waals surface area contributed by atoms with Crippen molar-refractivity contribution in [3.63, 3.8) is 0 Å². The molecule has 2 amide bonds. The Balaban J connectivity index is 1.41. The van der Waals surface area contributed by atoms with E-state index in [0.717, 1.165) is 5.56 Å². The number of esters is 1. The van der Waals surface area contributed by atoms with Crippen molar-refractivity contribution in [3.05, 3.63) is 53.3 Å². The number of rotatable bonds is 13. The Hall–Kier alpha value is -4.98. The molecule has 0 unspecified atom stereocenters. The summed E-state index contributed by atoms with van der Waals surface area (Å²) in [6.45, 7) is 10.4. The lowest BCUT2D eigenvalue weighted by molar-refractivity contribution is -0.162. The third-order valence-electron chi connectivity index (χ3n) is 7.96. The van der Waals surface area contributed by atoms with Crippen molar-refractivity contribution in [2.45, 2.75) is 65.5 Å². The van der Waals surface area contributed by atoms with Gasteiger partial charge in [-0.1, -0.05) is 26.0 Å². The van der Waals surface area contributed by atoms with E-state index >= 15 is 0 Å². The van der Waals surface area contributed by atoms with Crippen LogP contribution in [0.4, 0.5) is 0 Å². The number of benzene rings is 2. The second-order valence-corrected chi connectivity index (χ2v) is 11.8. The maximum atomic E-state index is 12.9. The second kappa shape index (κ2) is 15.5. The zero-order chi connectivity index (χ0) is 34.2. The fourth-order valence-electron chi connectivity index (χ4n) is 5.34. The van der Waals surface area contributed by atoms with Gasteiger partial charge in [0.15, 0.2) is 11.9 Å². The van der Waals surface area contributed by atoms with Crippen LogP contribution in [0.5, 0.6) is 11.5 Å². The second-order valence-electron chi connectivity index (χ2n) is 11.8. The number of phenols is 2. The van der Waals surface area contributed by atoms with E-state index < -0.39 is 23.9 Å². The summed E-state index contributed by atoms with van der Waals surface area (Å²) in [6.07, 6.45) is -0.763. The number of ether oxygens (including phenoxy) is 1. The first-order valence-corrected chi connectivity index (χ1v) is 15.7. The van der Waals surface area contributed by atoms with Gasteiger partial charge in [0, 0.05) is 63.9 Å². The topological polar surface area (TPSA) is 187 Å². The van der Waals surface area contributed by atoms with Crippen molar-refractivity contribution >= 4 is 23.8 Å². The number of phenolic OH excluding ortho intramolecular Hbond substituents is 2. The van der Waals surface area contributed by atoms with Crippen LogP contribution in [0.25, 0.3) is 17.1 Å². The van der Waals surface area contributed by atoms with E-state index in [1.54, 1.807) is 22.5 Å². The lowest BCUT2D eigenvalue weighted by Crippen LogP contribution is -2.48. The van der Waals surface area contributed by atoms with Crippen LogP contribution in [0.15, 0.2) is 36.4 Å². The molecule has 1 aromatic heterocycles. The number of hydrogen-bond acceptors (Lipinski definition) is 10. The highest BCUT2D eigenvalue weighted by Gasteiger charge is 2.25. The predicted molar refractivity (Wildman–Crippen MR) is 171 cm³/mol. The first kappa shape index (κ1) is 34.9. The van der Waals surface area contributed by atoms with Crippen molar-refractivity contribution in [2.24, 2.45) is 0 Å². The average Bonchev–Trinajstić information content (AvgIpc) is 3.46. The van der Waals surface area contributed by atoms with E-state index in [-0.39, 0.29) is 54.2 Å². The summed E-state index contributed by atoms with van der Waals surface area (Å²) in [5, 5.41) is 41.1. The van der Waals surface area contributed by atoms with Crippen molar-refractivity contribution < 1.29 is 39.2 Å². The first-order valence-electron chi connectivity index (χ1n) is 15.7. The number of nitrogens with one attached hydrogen (secondary N) is 1. The lowest BCUT2D eigenvalue weighted by Gasteiger charge is -2.34. The molecular formula is C33H42N6O8. The molecule has 1 aliphatic rings. The summed E-state index contributed by atoms with van der Waals surface area (Å²) in [4.78, 5) is 52.2. The number of carbonyl (C=O) groups is 4. The molecule has 0 spiro atoms. The van der Waals surface area contributed by atoms with Gasteiger partial charge in [-0.05, 0) is 55.5 Å². The van der Waals surface area contributed by atoms with E-state index in [0.29, 0.717) is 56.1 Å². The number of hydrogen-bond donors (Lipinski definition) is 4. The first-order chi connectivity index (χ1) is 22.4. The molecule has 1 saturated heterocycles. The van der Waals surface area contributed by atoms with E-state index in [1.807, 2.05) is 38.1 Å². The van der Waals surface area contributed by atoms with Gasteiger partial charge in [-0.3, -0.25) is 23.9 Å². The standard InChI is InChI=1S/C33H42N6O8/c1-5-34-32(44)31-36-35-30(25-17-24(20(2)3)26(40)18-27(25)41)39(31)23-11-9-22(10-12-23)19-37-13-15-38(16-14-37)28(42)7-6-8-29(43)47-21(4)33(45)46/h9-12,17-18,20-21,40-41H,5-8,13-16,19H2,1-4H3,(H,34,44)(H,45,46)/t21-/m0/s1. The fraction of sp³-hybridized carbons (Fsp3) is 0.455. The minimum Gasteiger partial charge on any atom is -0.508 e. The number of piperazine rings is 1. The van der Waals surface area contributed by atoms with Crippen LogP contribution in [-0.2, 0) is 25.7 Å². The summed E-state index contributed by atoms with van der Waals surface area (Å²) < 4.78 is 6.38. The summed E-state index contributed by atoms with van der Waals surface area (Å²) in [7, 11) is 0. The molecule has 252 valence electrons. The largest absolute Gasteiger partial charge is 0.508 e. The van der Waals surface area contributed by atoms with Crippen LogP contribution in [-0.4, -0.2) is 102 Å². The molecule has 3 aromatic rings. The van der Waals surface area contributed by atoms with E-state index in [1.165, 1.54) is 13.0 Å². The van der Waals surface area contributed by atoms with Crippen LogP contribution < -0.4 is 5.32 Å². The molecule has 14 nitrogen and oxygen atoms in total. The summed E-state index contributed by atoms with van der Waals surface area (Å²) in [5.74, 6) is -2.26. The Morgan fingerprint density at radius 2 is 1.62 bits per heavy atom. The fourth-order valence-corrected chi connectivity index (χ4v) is 5.34. The highest BCUT2D eigenvalue weighted by atomic mass is 16.6. The summed E-state index contributed by atoms with van der Waals surface area (Å²) in [5.41, 5.74) is 2.59. The number of nitrogens with zero attached hydrogens (tertiary/aromatic N) is 5. The normalized spacial score (nSPS) is 14.2. The highest BCUT2D eigenvalue weighted by molar-refractivity contribution is 5.92. The molecule has 4 N–H and O–H groups in total. The van der Waals surface area contributed by atoms with E-state index in [2.05, 4.69) is 20.4 Å². The molecule has 1 atom stereocenters. The maximum absolute atomic E-state index is 12.9. The van der Waals surface area contributed by atoms with E-state index in [9.17, 15) is 29.4 Å². The zero-order valence-corrected chi connectivity index (χ0v) is 27.1. The molecule has 0 saturated carbocycles. The van der Waals surface area contributed by atoms with Crippen LogP contribution in [0.3, 0.4) is 0 Å². The predicted octanol–water partition coefficient (Wildman–Crippen LogP) is 3.05. The Bertz CT molecular complexity index is 1600. The van der Waals surface area contributed by atoms with Gasteiger partial charge in [0.2, 0.25) is 11.7 Å². The quantitative estimate of drug-likeness (QED) is 0.199. The van der Waals surface area contributed by atoms with Gasteiger partial charge in [-0.15, -0.1) is 10.2 Å². The molecular weight excluding hydrogens is 608 g/mol. The Morgan fingerprint density at radius 3 is 2.23 bits per heavy atom. The molecule has 0 bridgehead atoms. The van der Waals surface area contributed by atoms with Crippen molar-refractivity contribution in [3.8, 4) is 28.6 Å². The molecule has 0 radical (unpaired) electrons. The van der Waals surface area contributed by atoms with Gasteiger partial charge < -0.3 is 30.3 Å². The van der Waals surface area contributed by atoms with Gasteiger partial charge >= 0.3 is 11.9 Å². The summed E-state index contributed by atoms with van der Waals surface area (Å²) in [6, 6.07) is 10.5. The molecule has 2 heterocycles. The number of aromatic nitrogens is 3. The number of carbonyl (C=O) groups excluding carboxylic acids is 3. The monoisotopic (exact) mass is 650 g/mol. The van der Waals surface area contributed by atoms with E-state index in [4.69, 9.17) is 9.84 Å². The van der Waals surface area contributed by atoms with Gasteiger partial charge in [-0.25, -0.2) is 4.79 Å². The lowest BCUT2D eigenvalue weighted by atomic mass is 9.98. The Kier molecular flexibility index (Phi) is 11.5. The average molecular weight is 651 g/mol. The van der Waals surface area contributed by atoms with Crippen LogP contribution in [0.1, 0.15) is 74.6 Å². The molecule has 1 fully saturated rings. The molecule has 0 aliphatic carbocycles. The molecule has 4 rings (SSSR count). The van der Waals surface area contributed by atoms with Gasteiger partial charge in [0.1, 0.15) is 11.5 Å². The number of carboxylic acid groups (broad SMARTS) is 1. The SMILES string of the molecule is CCNC(=O)c1nnc(-c2cc(C(C)C)c(O)cc2O)n1-c1ccc(CN2CCN(C(=O)CCCC(=O)O[C@@H](C)C(=O)O)CC2)cc1. The smallest absolute Gasteiger partial charge is 0.344 e. The molecule has 47 heavy (non-hydrogen) atoms.